The normalized spacial score (nSPS) is 10.7. The van der Waals surface area contributed by atoms with Gasteiger partial charge in [-0.3, -0.25) is 14.9 Å². The van der Waals surface area contributed by atoms with Crippen LogP contribution in [0.15, 0.2) is 53.1 Å². The van der Waals surface area contributed by atoms with E-state index in [9.17, 15) is 14.9 Å². The Morgan fingerprint density at radius 3 is 2.63 bits per heavy atom. The van der Waals surface area contributed by atoms with Crippen LogP contribution in [0.1, 0.15) is 17.0 Å². The zero-order valence-electron chi connectivity index (χ0n) is 16.3. The number of methoxy groups -OCH3 is 1. The molecule has 9 heteroatoms. The third-order valence-corrected chi connectivity index (χ3v) is 4.10. The van der Waals surface area contributed by atoms with Gasteiger partial charge in [0.05, 0.1) is 17.7 Å². The molecule has 2 aromatic carbocycles. The highest BCUT2D eigenvalue weighted by Gasteiger charge is 2.21. The number of anilines is 1. The van der Waals surface area contributed by atoms with E-state index in [1.807, 2.05) is 6.07 Å². The topological polar surface area (TPSA) is 117 Å². The molecule has 1 aromatic heterocycles. The highest BCUT2D eigenvalue weighted by Crippen LogP contribution is 2.25. The second-order valence-corrected chi connectivity index (χ2v) is 6.18. The molecule has 0 saturated heterocycles. The van der Waals surface area contributed by atoms with E-state index in [4.69, 9.17) is 14.0 Å². The molecule has 0 atom stereocenters. The molecule has 1 heterocycles. The number of carbonyl (C=O) groups excluding carboxylic acids is 1. The average molecular weight is 409 g/mol. The Kier molecular flexibility index (Phi) is 6.43. The van der Waals surface area contributed by atoms with E-state index in [0.717, 1.165) is 5.56 Å². The van der Waals surface area contributed by atoms with E-state index >= 15 is 0 Å². The Hall–Kier alpha value is -4.14. The molecule has 154 valence electrons. The lowest BCUT2D eigenvalue weighted by Gasteiger charge is -2.10. The number of hydrogen-bond donors (Lipinski definition) is 1. The SMILES string of the molecule is COc1ccccc1NC(=O)COc1ccc(/C=C/c2onc(C)c2[N+](=O)[O-])cc1. The third kappa shape index (κ3) is 5.02. The van der Waals surface area contributed by atoms with Crippen molar-refractivity contribution in [3.63, 3.8) is 0 Å². The predicted molar refractivity (Wildman–Crippen MR) is 110 cm³/mol. The Labute approximate surface area is 172 Å². The highest BCUT2D eigenvalue weighted by atomic mass is 16.6. The molecule has 30 heavy (non-hydrogen) atoms. The van der Waals surface area contributed by atoms with E-state index in [0.29, 0.717) is 17.2 Å². The number of benzene rings is 2. The van der Waals surface area contributed by atoms with Gasteiger partial charge in [0.2, 0.25) is 5.76 Å². The number of carbonyl (C=O) groups is 1. The average Bonchev–Trinajstić information content (AvgIpc) is 3.12. The third-order valence-electron chi connectivity index (χ3n) is 4.10. The summed E-state index contributed by atoms with van der Waals surface area (Å²) in [7, 11) is 1.53. The van der Waals surface area contributed by atoms with Gasteiger partial charge in [0.1, 0.15) is 11.5 Å². The van der Waals surface area contributed by atoms with Crippen LogP contribution in [0.25, 0.3) is 12.2 Å². The summed E-state index contributed by atoms with van der Waals surface area (Å²) in [6, 6.07) is 14.0. The van der Waals surface area contributed by atoms with Gasteiger partial charge >= 0.3 is 5.69 Å². The molecule has 0 spiro atoms. The minimum atomic E-state index is -0.529. The zero-order chi connectivity index (χ0) is 21.5. The van der Waals surface area contributed by atoms with Gasteiger partial charge in [0, 0.05) is 0 Å². The summed E-state index contributed by atoms with van der Waals surface area (Å²) in [5.74, 6) is 0.815. The minimum absolute atomic E-state index is 0.0748. The zero-order valence-corrected chi connectivity index (χ0v) is 16.3. The first-order chi connectivity index (χ1) is 14.5. The van der Waals surface area contributed by atoms with Crippen molar-refractivity contribution in [1.29, 1.82) is 0 Å². The Bertz CT molecular complexity index is 1070. The molecule has 3 aromatic rings. The minimum Gasteiger partial charge on any atom is -0.495 e. The molecule has 1 amide bonds. The number of hydrogen-bond acceptors (Lipinski definition) is 7. The van der Waals surface area contributed by atoms with Crippen molar-refractivity contribution in [1.82, 2.24) is 5.16 Å². The quantitative estimate of drug-likeness (QED) is 0.440. The van der Waals surface area contributed by atoms with Crippen molar-refractivity contribution in [2.45, 2.75) is 6.92 Å². The molecule has 0 aliphatic rings. The molecule has 0 radical (unpaired) electrons. The molecule has 0 unspecified atom stereocenters. The number of aromatic nitrogens is 1. The lowest BCUT2D eigenvalue weighted by atomic mass is 10.2. The fourth-order valence-corrected chi connectivity index (χ4v) is 2.64. The first kappa shape index (κ1) is 20.6. The van der Waals surface area contributed by atoms with E-state index in [1.165, 1.54) is 20.1 Å². The molecule has 9 nitrogen and oxygen atoms in total. The van der Waals surface area contributed by atoms with Crippen LogP contribution in [0.2, 0.25) is 0 Å². The summed E-state index contributed by atoms with van der Waals surface area (Å²) in [4.78, 5) is 22.6. The Morgan fingerprint density at radius 2 is 1.93 bits per heavy atom. The van der Waals surface area contributed by atoms with Crippen molar-refractivity contribution >= 4 is 29.4 Å². The number of nitrogens with zero attached hydrogens (tertiary/aromatic N) is 2. The van der Waals surface area contributed by atoms with Crippen molar-refractivity contribution in [3.05, 3.63) is 75.7 Å². The number of para-hydroxylation sites is 2. The second-order valence-electron chi connectivity index (χ2n) is 6.18. The largest absolute Gasteiger partial charge is 0.495 e. The first-order valence-corrected chi connectivity index (χ1v) is 8.92. The molecule has 3 rings (SSSR count). The molecule has 0 saturated carbocycles. The van der Waals surface area contributed by atoms with Crippen molar-refractivity contribution in [2.75, 3.05) is 19.0 Å². The molecule has 0 bridgehead atoms. The summed E-state index contributed by atoms with van der Waals surface area (Å²) >= 11 is 0. The Balaban J connectivity index is 1.57. The van der Waals surface area contributed by atoms with E-state index < -0.39 is 4.92 Å². The van der Waals surface area contributed by atoms with Gasteiger partial charge in [-0.2, -0.15) is 0 Å². The summed E-state index contributed by atoms with van der Waals surface area (Å²) in [6.07, 6.45) is 3.14. The number of aryl methyl sites for hydroxylation is 1. The standard InChI is InChI=1S/C21H19N3O6/c1-14-21(24(26)27)19(30-23-14)12-9-15-7-10-16(11-8-15)29-13-20(25)22-17-5-3-4-6-18(17)28-2/h3-12H,13H2,1-2H3,(H,22,25)/b12-9+. The molecule has 0 fully saturated rings. The summed E-state index contributed by atoms with van der Waals surface area (Å²) in [5, 5.41) is 17.4. The van der Waals surface area contributed by atoms with Gasteiger partial charge in [-0.25, -0.2) is 0 Å². The van der Waals surface area contributed by atoms with Crippen LogP contribution in [0.3, 0.4) is 0 Å². The maximum Gasteiger partial charge on any atom is 0.338 e. The smallest absolute Gasteiger partial charge is 0.338 e. The summed E-state index contributed by atoms with van der Waals surface area (Å²) < 4.78 is 15.7. The maximum atomic E-state index is 12.1. The van der Waals surface area contributed by atoms with Gasteiger partial charge in [-0.1, -0.05) is 35.5 Å². The van der Waals surface area contributed by atoms with Crippen LogP contribution in [0.5, 0.6) is 11.5 Å². The Morgan fingerprint density at radius 1 is 1.20 bits per heavy atom. The van der Waals surface area contributed by atoms with Gasteiger partial charge in [-0.15, -0.1) is 0 Å². The molecular formula is C21H19N3O6. The summed E-state index contributed by atoms with van der Waals surface area (Å²) in [6.45, 7) is 1.34. The number of rotatable bonds is 8. The molecule has 1 N–H and O–H groups in total. The molecule has 0 aliphatic heterocycles. The highest BCUT2D eigenvalue weighted by molar-refractivity contribution is 5.93. The number of amides is 1. The van der Waals surface area contributed by atoms with Crippen molar-refractivity contribution in [3.8, 4) is 11.5 Å². The molecular weight excluding hydrogens is 390 g/mol. The van der Waals surface area contributed by atoms with Gasteiger partial charge in [0.25, 0.3) is 5.91 Å². The van der Waals surface area contributed by atoms with Crippen molar-refractivity contribution in [2.24, 2.45) is 0 Å². The van der Waals surface area contributed by atoms with Gasteiger partial charge in [-0.05, 0) is 42.8 Å². The van der Waals surface area contributed by atoms with E-state index in [2.05, 4.69) is 10.5 Å². The monoisotopic (exact) mass is 409 g/mol. The van der Waals surface area contributed by atoms with Crippen LogP contribution >= 0.6 is 0 Å². The van der Waals surface area contributed by atoms with Crippen LogP contribution in [-0.2, 0) is 4.79 Å². The number of nitrogens with one attached hydrogen (secondary N) is 1. The molecule has 0 aliphatic carbocycles. The lowest BCUT2D eigenvalue weighted by molar-refractivity contribution is -0.386. The van der Waals surface area contributed by atoms with Crippen LogP contribution in [-0.4, -0.2) is 29.7 Å². The number of ether oxygens (including phenoxy) is 2. The summed E-state index contributed by atoms with van der Waals surface area (Å²) in [5.41, 5.74) is 1.39. The fraction of sp³-hybridized carbons (Fsp3) is 0.143. The van der Waals surface area contributed by atoms with Crippen LogP contribution < -0.4 is 14.8 Å². The predicted octanol–water partition coefficient (Wildman–Crippen LogP) is 4.09. The van der Waals surface area contributed by atoms with Gasteiger partial charge < -0.3 is 19.3 Å². The van der Waals surface area contributed by atoms with E-state index in [1.54, 1.807) is 48.5 Å². The maximum absolute atomic E-state index is 12.1. The number of nitro groups is 1. The lowest BCUT2D eigenvalue weighted by Crippen LogP contribution is -2.20. The van der Waals surface area contributed by atoms with Crippen LogP contribution in [0.4, 0.5) is 11.4 Å². The van der Waals surface area contributed by atoms with E-state index in [-0.39, 0.29) is 29.7 Å². The first-order valence-electron chi connectivity index (χ1n) is 8.92. The fourth-order valence-electron chi connectivity index (χ4n) is 2.64. The van der Waals surface area contributed by atoms with Crippen LogP contribution in [0, 0.1) is 17.0 Å². The second kappa shape index (κ2) is 9.37. The van der Waals surface area contributed by atoms with Gasteiger partial charge in [0.15, 0.2) is 12.3 Å². The van der Waals surface area contributed by atoms with Crippen molar-refractivity contribution < 1.29 is 23.7 Å².